The van der Waals surface area contributed by atoms with Gasteiger partial charge in [-0.25, -0.2) is 9.69 Å². The Morgan fingerprint density at radius 1 is 0.865 bits per heavy atom. The molecule has 1 saturated heterocycles. The molecule has 3 aromatic rings. The van der Waals surface area contributed by atoms with E-state index in [0.717, 1.165) is 9.80 Å². The predicted octanol–water partition coefficient (Wildman–Crippen LogP) is 4.17. The molecule has 37 heavy (non-hydrogen) atoms. The van der Waals surface area contributed by atoms with E-state index in [4.69, 9.17) is 9.47 Å². The van der Waals surface area contributed by atoms with Crippen molar-refractivity contribution in [3.8, 4) is 11.5 Å². The lowest BCUT2D eigenvalue weighted by Gasteiger charge is -2.15. The standard InChI is InChI=1S/C27H24N2O7S/c1-34-21-13-6-17(14-22(21)35-2)25(31)28-18-7-11-20(12-8-18)37-23-15-24(30)29(26(23)32)19-9-4-16(5-10-19)27(33)36-3/h4-14,23H,15H2,1-3H3,(H,28,31). The second-order valence-corrected chi connectivity index (χ2v) is 9.24. The number of benzene rings is 3. The van der Waals surface area contributed by atoms with Crippen molar-refractivity contribution in [2.45, 2.75) is 16.6 Å². The van der Waals surface area contributed by atoms with Crippen LogP contribution in [-0.2, 0) is 14.3 Å². The molecule has 0 bridgehead atoms. The van der Waals surface area contributed by atoms with E-state index in [0.29, 0.717) is 34.0 Å². The van der Waals surface area contributed by atoms with Gasteiger partial charge in [0.2, 0.25) is 11.8 Å². The molecular formula is C27H24N2O7S. The van der Waals surface area contributed by atoms with Crippen molar-refractivity contribution in [1.82, 2.24) is 0 Å². The van der Waals surface area contributed by atoms with Gasteiger partial charge < -0.3 is 19.5 Å². The molecule has 1 heterocycles. The molecule has 10 heteroatoms. The van der Waals surface area contributed by atoms with Crippen molar-refractivity contribution in [3.05, 3.63) is 77.9 Å². The van der Waals surface area contributed by atoms with Crippen molar-refractivity contribution in [1.29, 1.82) is 0 Å². The second-order valence-electron chi connectivity index (χ2n) is 7.96. The van der Waals surface area contributed by atoms with Crippen LogP contribution in [0.5, 0.6) is 11.5 Å². The van der Waals surface area contributed by atoms with E-state index in [1.807, 2.05) is 0 Å². The first-order valence-corrected chi connectivity index (χ1v) is 12.1. The Bertz CT molecular complexity index is 1340. The van der Waals surface area contributed by atoms with Crippen LogP contribution in [-0.4, -0.2) is 50.3 Å². The van der Waals surface area contributed by atoms with Gasteiger partial charge in [0.05, 0.1) is 37.8 Å². The van der Waals surface area contributed by atoms with E-state index in [-0.39, 0.29) is 24.1 Å². The summed E-state index contributed by atoms with van der Waals surface area (Å²) in [6, 6.07) is 18.0. The van der Waals surface area contributed by atoms with Gasteiger partial charge in [0.25, 0.3) is 5.91 Å². The minimum atomic E-state index is -0.583. The number of imide groups is 1. The molecule has 9 nitrogen and oxygen atoms in total. The van der Waals surface area contributed by atoms with Crippen LogP contribution < -0.4 is 19.7 Å². The molecular weight excluding hydrogens is 496 g/mol. The van der Waals surface area contributed by atoms with E-state index in [1.54, 1.807) is 54.6 Å². The summed E-state index contributed by atoms with van der Waals surface area (Å²) < 4.78 is 15.1. The molecule has 0 radical (unpaired) electrons. The highest BCUT2D eigenvalue weighted by atomic mass is 32.2. The Labute approximate surface area is 217 Å². The third kappa shape index (κ3) is 5.59. The average Bonchev–Trinajstić information content (AvgIpc) is 3.20. The molecule has 4 rings (SSSR count). The molecule has 1 aliphatic rings. The van der Waals surface area contributed by atoms with Crippen LogP contribution in [0.25, 0.3) is 0 Å². The van der Waals surface area contributed by atoms with Gasteiger partial charge in [-0.15, -0.1) is 11.8 Å². The number of amides is 3. The van der Waals surface area contributed by atoms with E-state index in [1.165, 1.54) is 45.2 Å². The SMILES string of the molecule is COC(=O)c1ccc(N2C(=O)CC(Sc3ccc(NC(=O)c4ccc(OC)c(OC)c4)cc3)C2=O)cc1. The Morgan fingerprint density at radius 3 is 2.14 bits per heavy atom. The highest BCUT2D eigenvalue weighted by Gasteiger charge is 2.40. The molecule has 1 aliphatic heterocycles. The number of rotatable bonds is 8. The summed E-state index contributed by atoms with van der Waals surface area (Å²) >= 11 is 1.28. The zero-order valence-electron chi connectivity index (χ0n) is 20.3. The molecule has 1 N–H and O–H groups in total. The van der Waals surface area contributed by atoms with Gasteiger partial charge in [-0.3, -0.25) is 14.4 Å². The predicted molar refractivity (Wildman–Crippen MR) is 138 cm³/mol. The number of carbonyl (C=O) groups is 4. The largest absolute Gasteiger partial charge is 0.493 e. The third-order valence-electron chi connectivity index (χ3n) is 5.69. The van der Waals surface area contributed by atoms with E-state index < -0.39 is 11.2 Å². The molecule has 1 fully saturated rings. The zero-order valence-corrected chi connectivity index (χ0v) is 21.2. The third-order valence-corrected chi connectivity index (χ3v) is 6.89. The minimum absolute atomic E-state index is 0.0556. The first-order valence-electron chi connectivity index (χ1n) is 11.2. The van der Waals surface area contributed by atoms with Crippen LogP contribution in [0, 0.1) is 0 Å². The normalized spacial score (nSPS) is 14.9. The first kappa shape index (κ1) is 25.8. The second kappa shape index (κ2) is 11.2. The molecule has 3 amide bonds. The molecule has 0 spiro atoms. The zero-order chi connectivity index (χ0) is 26.5. The van der Waals surface area contributed by atoms with Crippen molar-refractivity contribution in [3.63, 3.8) is 0 Å². The Morgan fingerprint density at radius 2 is 1.51 bits per heavy atom. The average molecular weight is 521 g/mol. The summed E-state index contributed by atoms with van der Waals surface area (Å²) in [5.74, 6) is -0.476. The number of nitrogens with one attached hydrogen (secondary N) is 1. The van der Waals surface area contributed by atoms with Crippen molar-refractivity contribution < 1.29 is 33.4 Å². The molecule has 1 unspecified atom stereocenters. The monoisotopic (exact) mass is 520 g/mol. The molecule has 0 aromatic heterocycles. The van der Waals surface area contributed by atoms with Crippen LogP contribution in [0.4, 0.5) is 11.4 Å². The summed E-state index contributed by atoms with van der Waals surface area (Å²) in [5.41, 5.74) is 1.71. The van der Waals surface area contributed by atoms with Crippen LogP contribution in [0.15, 0.2) is 71.6 Å². The van der Waals surface area contributed by atoms with E-state index in [9.17, 15) is 19.2 Å². The van der Waals surface area contributed by atoms with Crippen LogP contribution in [0.2, 0.25) is 0 Å². The van der Waals surface area contributed by atoms with Gasteiger partial charge >= 0.3 is 5.97 Å². The maximum atomic E-state index is 13.0. The number of nitrogens with zero attached hydrogens (tertiary/aromatic N) is 1. The van der Waals surface area contributed by atoms with Gasteiger partial charge in [0, 0.05) is 22.6 Å². The highest BCUT2D eigenvalue weighted by molar-refractivity contribution is 8.00. The number of hydrogen-bond acceptors (Lipinski definition) is 8. The molecule has 0 saturated carbocycles. The topological polar surface area (TPSA) is 111 Å². The van der Waals surface area contributed by atoms with Gasteiger partial charge in [-0.05, 0) is 66.7 Å². The number of anilines is 2. The summed E-state index contributed by atoms with van der Waals surface area (Å²) in [6.07, 6.45) is 0.0556. The van der Waals surface area contributed by atoms with Gasteiger partial charge in [-0.1, -0.05) is 0 Å². The number of carbonyl (C=O) groups excluding carboxylic acids is 4. The Balaban J connectivity index is 1.39. The molecule has 0 aliphatic carbocycles. The molecule has 1 atom stereocenters. The fourth-order valence-corrected chi connectivity index (χ4v) is 4.85. The molecule has 190 valence electrons. The smallest absolute Gasteiger partial charge is 0.337 e. The maximum Gasteiger partial charge on any atom is 0.337 e. The highest BCUT2D eigenvalue weighted by Crippen LogP contribution is 2.35. The van der Waals surface area contributed by atoms with Gasteiger partial charge in [-0.2, -0.15) is 0 Å². The lowest BCUT2D eigenvalue weighted by Crippen LogP contribution is -2.31. The van der Waals surface area contributed by atoms with Gasteiger partial charge in [0.1, 0.15) is 0 Å². The number of methoxy groups -OCH3 is 3. The van der Waals surface area contributed by atoms with Crippen molar-refractivity contribution >= 4 is 46.8 Å². The van der Waals surface area contributed by atoms with Gasteiger partial charge in [0.15, 0.2) is 11.5 Å². The fraction of sp³-hybridized carbons (Fsp3) is 0.185. The summed E-state index contributed by atoms with van der Waals surface area (Å²) in [5, 5.41) is 2.24. The first-order chi connectivity index (χ1) is 17.8. The number of thioether (sulfide) groups is 1. The Kier molecular flexibility index (Phi) is 7.78. The lowest BCUT2D eigenvalue weighted by atomic mass is 10.2. The summed E-state index contributed by atoms with van der Waals surface area (Å²) in [7, 11) is 4.30. The van der Waals surface area contributed by atoms with Crippen LogP contribution >= 0.6 is 11.8 Å². The van der Waals surface area contributed by atoms with E-state index in [2.05, 4.69) is 10.1 Å². The summed E-state index contributed by atoms with van der Waals surface area (Å²) in [6.45, 7) is 0. The fourth-order valence-electron chi connectivity index (χ4n) is 3.79. The van der Waals surface area contributed by atoms with Crippen LogP contribution in [0.1, 0.15) is 27.1 Å². The molecule has 3 aromatic carbocycles. The van der Waals surface area contributed by atoms with Crippen molar-refractivity contribution in [2.24, 2.45) is 0 Å². The number of esters is 1. The van der Waals surface area contributed by atoms with E-state index >= 15 is 0 Å². The summed E-state index contributed by atoms with van der Waals surface area (Å²) in [4.78, 5) is 51.8. The van der Waals surface area contributed by atoms with Crippen LogP contribution in [0.3, 0.4) is 0 Å². The number of ether oxygens (including phenoxy) is 3. The quantitative estimate of drug-likeness (QED) is 0.348. The Hall–Kier alpha value is -4.31. The number of hydrogen-bond donors (Lipinski definition) is 1. The lowest BCUT2D eigenvalue weighted by molar-refractivity contribution is -0.121. The maximum absolute atomic E-state index is 13.0. The van der Waals surface area contributed by atoms with Crippen molar-refractivity contribution in [2.75, 3.05) is 31.5 Å². The minimum Gasteiger partial charge on any atom is -0.493 e.